The summed E-state index contributed by atoms with van der Waals surface area (Å²) < 4.78 is 34.3. The first-order chi connectivity index (χ1) is 18.9. The number of amides is 2. The first-order valence-corrected chi connectivity index (χ1v) is 14.9. The topological polar surface area (TPSA) is 96.0 Å². The van der Waals surface area contributed by atoms with E-state index in [2.05, 4.69) is 5.32 Å². The van der Waals surface area contributed by atoms with Crippen molar-refractivity contribution in [2.75, 3.05) is 24.5 Å². The van der Waals surface area contributed by atoms with Crippen molar-refractivity contribution >= 4 is 62.3 Å². The average Bonchev–Trinajstić information content (AvgIpc) is 2.91. The van der Waals surface area contributed by atoms with E-state index in [4.69, 9.17) is 39.5 Å². The molecule has 3 aromatic rings. The van der Waals surface area contributed by atoms with E-state index >= 15 is 0 Å². The summed E-state index contributed by atoms with van der Waals surface area (Å²) in [5.41, 5.74) is 1.34. The Balaban J connectivity index is 2.14. The van der Waals surface area contributed by atoms with E-state index < -0.39 is 34.4 Å². The molecule has 3 rings (SSSR count). The van der Waals surface area contributed by atoms with Gasteiger partial charge in [-0.2, -0.15) is 0 Å². The molecule has 40 heavy (non-hydrogen) atoms. The zero-order valence-corrected chi connectivity index (χ0v) is 25.5. The van der Waals surface area contributed by atoms with Crippen LogP contribution in [0.5, 0.6) is 5.75 Å². The van der Waals surface area contributed by atoms with Crippen LogP contribution in [0.3, 0.4) is 0 Å². The summed E-state index contributed by atoms with van der Waals surface area (Å²) in [5.74, 6) is -0.912. The highest BCUT2D eigenvalue weighted by molar-refractivity contribution is 7.92. The van der Waals surface area contributed by atoms with Crippen LogP contribution < -0.4 is 14.4 Å². The highest BCUT2D eigenvalue weighted by Crippen LogP contribution is 2.35. The molecule has 0 saturated heterocycles. The summed E-state index contributed by atoms with van der Waals surface area (Å²) in [6.07, 6.45) is 0. The van der Waals surface area contributed by atoms with Crippen molar-refractivity contribution in [1.82, 2.24) is 10.2 Å². The molecule has 1 atom stereocenters. The number of rotatable bonds is 11. The van der Waals surface area contributed by atoms with Crippen LogP contribution in [0.2, 0.25) is 15.1 Å². The molecule has 1 N–H and O–H groups in total. The van der Waals surface area contributed by atoms with Gasteiger partial charge in [-0.05, 0) is 63.2 Å². The molecule has 0 saturated carbocycles. The van der Waals surface area contributed by atoms with Crippen molar-refractivity contribution in [3.8, 4) is 5.75 Å². The fourth-order valence-corrected chi connectivity index (χ4v) is 6.07. The highest BCUT2D eigenvalue weighted by Gasteiger charge is 2.34. The van der Waals surface area contributed by atoms with Gasteiger partial charge in [-0.15, -0.1) is 0 Å². The number of ether oxygens (including phenoxy) is 1. The normalized spacial score (nSPS) is 12.0. The molecule has 2 amide bonds. The summed E-state index contributed by atoms with van der Waals surface area (Å²) >= 11 is 19.0. The largest absolute Gasteiger partial charge is 0.495 e. The smallest absolute Gasteiger partial charge is 0.264 e. The van der Waals surface area contributed by atoms with E-state index in [9.17, 15) is 18.0 Å². The van der Waals surface area contributed by atoms with E-state index in [1.165, 1.54) is 36.3 Å². The second-order valence-corrected chi connectivity index (χ2v) is 12.0. The van der Waals surface area contributed by atoms with E-state index in [0.717, 1.165) is 9.87 Å². The lowest BCUT2D eigenvalue weighted by Crippen LogP contribution is -2.51. The molecule has 1 unspecified atom stereocenters. The molecule has 0 bridgehead atoms. The molecule has 214 valence electrons. The summed E-state index contributed by atoms with van der Waals surface area (Å²) in [4.78, 5) is 28.1. The van der Waals surface area contributed by atoms with Crippen LogP contribution in [-0.4, -0.2) is 51.4 Å². The van der Waals surface area contributed by atoms with Crippen molar-refractivity contribution in [3.05, 3.63) is 86.9 Å². The van der Waals surface area contributed by atoms with Crippen molar-refractivity contribution in [2.24, 2.45) is 0 Å². The third kappa shape index (κ3) is 7.20. The number of hydrogen-bond acceptors (Lipinski definition) is 5. The second kappa shape index (κ2) is 13.6. The number of carbonyl (C=O) groups is 2. The van der Waals surface area contributed by atoms with Gasteiger partial charge in [-0.3, -0.25) is 13.9 Å². The predicted octanol–water partition coefficient (Wildman–Crippen LogP) is 5.71. The average molecular weight is 627 g/mol. The van der Waals surface area contributed by atoms with Crippen LogP contribution in [0.15, 0.2) is 65.6 Å². The van der Waals surface area contributed by atoms with E-state index in [0.29, 0.717) is 22.2 Å². The maximum atomic E-state index is 14.0. The number of hydrogen-bond donors (Lipinski definition) is 1. The van der Waals surface area contributed by atoms with E-state index in [1.54, 1.807) is 50.2 Å². The van der Waals surface area contributed by atoms with Crippen LogP contribution in [-0.2, 0) is 26.2 Å². The lowest BCUT2D eigenvalue weighted by atomic mass is 10.1. The van der Waals surface area contributed by atoms with E-state index in [1.807, 2.05) is 6.92 Å². The minimum absolute atomic E-state index is 0.0367. The van der Waals surface area contributed by atoms with Gasteiger partial charge in [0.15, 0.2) is 0 Å². The molecule has 3 aromatic carbocycles. The van der Waals surface area contributed by atoms with E-state index in [-0.39, 0.29) is 27.9 Å². The fourth-order valence-electron chi connectivity index (χ4n) is 3.97. The third-order valence-corrected chi connectivity index (χ3v) is 8.92. The summed E-state index contributed by atoms with van der Waals surface area (Å²) in [6, 6.07) is 14.6. The van der Waals surface area contributed by atoms with Gasteiger partial charge in [-0.25, -0.2) is 8.42 Å². The van der Waals surface area contributed by atoms with Crippen molar-refractivity contribution in [2.45, 2.75) is 38.3 Å². The van der Waals surface area contributed by atoms with Crippen LogP contribution in [0, 0.1) is 6.92 Å². The number of likely N-dealkylation sites (N-methyl/N-ethyl adjacent to an activating group) is 1. The Morgan fingerprint density at radius 1 is 1.00 bits per heavy atom. The van der Waals surface area contributed by atoms with Crippen LogP contribution in [0.25, 0.3) is 0 Å². The molecule has 0 aromatic heterocycles. The maximum Gasteiger partial charge on any atom is 0.264 e. The Labute approximate surface area is 249 Å². The molecule has 0 aliphatic heterocycles. The monoisotopic (exact) mass is 625 g/mol. The number of nitrogens with zero attached hydrogens (tertiary/aromatic N) is 2. The Kier molecular flexibility index (Phi) is 10.7. The molecule has 0 radical (unpaired) electrons. The quantitative estimate of drug-likeness (QED) is 0.294. The molecular weight excluding hydrogens is 597 g/mol. The lowest BCUT2D eigenvalue weighted by molar-refractivity contribution is -0.139. The summed E-state index contributed by atoms with van der Waals surface area (Å²) in [7, 11) is -2.92. The van der Waals surface area contributed by atoms with Crippen LogP contribution in [0.4, 0.5) is 5.69 Å². The fraction of sp³-hybridized carbons (Fsp3) is 0.286. The third-order valence-electron chi connectivity index (χ3n) is 6.21. The second-order valence-electron chi connectivity index (χ2n) is 8.93. The first-order valence-electron chi connectivity index (χ1n) is 12.3. The zero-order valence-electron chi connectivity index (χ0n) is 22.4. The van der Waals surface area contributed by atoms with Crippen LogP contribution >= 0.6 is 34.8 Å². The molecule has 12 heteroatoms. The lowest BCUT2D eigenvalue weighted by Gasteiger charge is -2.32. The number of sulfonamides is 1. The minimum atomic E-state index is -4.30. The predicted molar refractivity (Wildman–Crippen MR) is 159 cm³/mol. The molecule has 8 nitrogen and oxygen atoms in total. The molecular formula is C28H30Cl3N3O5S. The molecule has 0 heterocycles. The molecule has 0 fully saturated rings. The zero-order chi connectivity index (χ0) is 29.6. The number of anilines is 1. The Bertz CT molecular complexity index is 1460. The van der Waals surface area contributed by atoms with Gasteiger partial charge in [0.25, 0.3) is 10.0 Å². The number of benzene rings is 3. The number of nitrogens with one attached hydrogen (secondary N) is 1. The van der Waals surface area contributed by atoms with Gasteiger partial charge in [0.1, 0.15) is 18.3 Å². The van der Waals surface area contributed by atoms with Crippen molar-refractivity contribution < 1.29 is 22.7 Å². The number of halogens is 3. The van der Waals surface area contributed by atoms with Gasteiger partial charge in [0.2, 0.25) is 11.8 Å². The van der Waals surface area contributed by atoms with Crippen LogP contribution in [0.1, 0.15) is 25.0 Å². The van der Waals surface area contributed by atoms with Gasteiger partial charge in [0, 0.05) is 33.7 Å². The molecule has 0 aliphatic carbocycles. The Morgan fingerprint density at radius 2 is 1.62 bits per heavy atom. The number of aryl methyl sites for hydroxylation is 1. The Hall–Kier alpha value is -2.98. The van der Waals surface area contributed by atoms with Crippen molar-refractivity contribution in [3.63, 3.8) is 0 Å². The SMILES string of the molecule is CCNC(=O)C(C)N(Cc1c(Cl)cccc1Cl)C(=O)CN(c1cc(Cl)ccc1OC)S(=O)(=O)c1ccc(C)cc1. The van der Waals surface area contributed by atoms with Gasteiger partial charge in [0.05, 0.1) is 17.7 Å². The highest BCUT2D eigenvalue weighted by atomic mass is 35.5. The number of methoxy groups -OCH3 is 1. The summed E-state index contributed by atoms with van der Waals surface area (Å²) in [6.45, 7) is 4.67. The molecule has 0 aliphatic rings. The molecule has 0 spiro atoms. The van der Waals surface area contributed by atoms with Crippen molar-refractivity contribution in [1.29, 1.82) is 0 Å². The van der Waals surface area contributed by atoms with Gasteiger partial charge >= 0.3 is 0 Å². The summed E-state index contributed by atoms with van der Waals surface area (Å²) in [5, 5.41) is 3.54. The number of carbonyl (C=O) groups excluding carboxylic acids is 2. The minimum Gasteiger partial charge on any atom is -0.495 e. The van der Waals surface area contributed by atoms with Gasteiger partial charge in [-0.1, -0.05) is 58.6 Å². The Morgan fingerprint density at radius 3 is 2.20 bits per heavy atom. The first kappa shape index (κ1) is 31.5. The maximum absolute atomic E-state index is 14.0. The van der Waals surface area contributed by atoms with Gasteiger partial charge < -0.3 is 15.0 Å². The standard InChI is InChI=1S/C28H30Cl3N3O5S/c1-5-32-28(36)19(3)33(16-22-23(30)7-6-8-24(22)31)27(35)17-34(25-15-20(29)11-14-26(25)39-4)40(37,38)21-12-9-18(2)10-13-21/h6-15,19H,5,16-17H2,1-4H3,(H,32,36).